The van der Waals surface area contributed by atoms with Crippen LogP contribution in [0.25, 0.3) is 0 Å². The Morgan fingerprint density at radius 3 is 2.70 bits per heavy atom. The van der Waals surface area contributed by atoms with Crippen LogP contribution in [0, 0.1) is 5.92 Å². The van der Waals surface area contributed by atoms with E-state index in [4.69, 9.17) is 16.3 Å². The number of hydrogen-bond donors (Lipinski definition) is 2. The first-order chi connectivity index (χ1) is 12.5. The number of carbonyl (C=O) groups excluding carboxylic acids is 1. The number of rotatable bonds is 8. The molecule has 0 aromatic heterocycles. The van der Waals surface area contributed by atoms with E-state index in [0.717, 1.165) is 43.5 Å². The predicted molar refractivity (Wildman–Crippen MR) is 124 cm³/mol. The van der Waals surface area contributed by atoms with Crippen LogP contribution in [0.1, 0.15) is 6.42 Å². The minimum atomic E-state index is -0.0224. The molecule has 1 amide bonds. The summed E-state index contributed by atoms with van der Waals surface area (Å²) in [6, 6.07) is 7.80. The standard InChI is InChI=1S/C18H27ClN4O2S.HI/c1-23(2)17(24)12-22-18(21-11-14-7-9-25-13-14)20-8-10-26-16-5-3-15(19)4-6-16;/h3-6,14H,7-13H2,1-2H3,(H2,20,21,22);1H. The van der Waals surface area contributed by atoms with Crippen molar-refractivity contribution >= 4 is 59.2 Å². The summed E-state index contributed by atoms with van der Waals surface area (Å²) in [5.74, 6) is 2.03. The zero-order valence-corrected chi connectivity index (χ0v) is 19.6. The molecule has 1 atom stereocenters. The molecule has 1 aromatic rings. The van der Waals surface area contributed by atoms with Crippen LogP contribution in [0.3, 0.4) is 0 Å². The molecule has 0 bridgehead atoms. The van der Waals surface area contributed by atoms with Gasteiger partial charge in [-0.3, -0.25) is 4.79 Å². The van der Waals surface area contributed by atoms with E-state index >= 15 is 0 Å². The molecule has 0 saturated carbocycles. The Morgan fingerprint density at radius 2 is 2.07 bits per heavy atom. The molecular formula is C18H28ClIN4O2S. The van der Waals surface area contributed by atoms with Crippen LogP contribution in [0.5, 0.6) is 0 Å². The van der Waals surface area contributed by atoms with E-state index in [1.54, 1.807) is 30.8 Å². The van der Waals surface area contributed by atoms with Crippen molar-refractivity contribution in [2.24, 2.45) is 10.9 Å². The van der Waals surface area contributed by atoms with Crippen molar-refractivity contribution in [1.29, 1.82) is 0 Å². The Morgan fingerprint density at radius 1 is 1.33 bits per heavy atom. The highest BCUT2D eigenvalue weighted by atomic mass is 127. The molecule has 1 fully saturated rings. The lowest BCUT2D eigenvalue weighted by molar-refractivity contribution is -0.127. The molecule has 9 heteroatoms. The van der Waals surface area contributed by atoms with E-state index in [0.29, 0.717) is 11.9 Å². The molecule has 2 N–H and O–H groups in total. The molecule has 1 aliphatic rings. The topological polar surface area (TPSA) is 66.0 Å². The van der Waals surface area contributed by atoms with Crippen LogP contribution in [0.15, 0.2) is 34.2 Å². The number of likely N-dealkylation sites (N-methyl/N-ethyl adjacent to an activating group) is 1. The van der Waals surface area contributed by atoms with Crippen molar-refractivity contribution in [3.8, 4) is 0 Å². The minimum absolute atomic E-state index is 0. The van der Waals surface area contributed by atoms with Gasteiger partial charge in [0.15, 0.2) is 5.96 Å². The second-order valence-electron chi connectivity index (χ2n) is 6.29. The molecule has 1 aromatic carbocycles. The number of halogens is 2. The van der Waals surface area contributed by atoms with Crippen molar-refractivity contribution < 1.29 is 9.53 Å². The lowest BCUT2D eigenvalue weighted by atomic mass is 10.1. The highest BCUT2D eigenvalue weighted by Gasteiger charge is 2.16. The maximum atomic E-state index is 11.8. The van der Waals surface area contributed by atoms with Gasteiger partial charge in [-0.2, -0.15) is 0 Å². The molecule has 0 spiro atoms. The number of ether oxygens (including phenoxy) is 1. The number of amides is 1. The maximum Gasteiger partial charge on any atom is 0.243 e. The normalized spacial score (nSPS) is 16.6. The lowest BCUT2D eigenvalue weighted by Crippen LogP contribution is -2.41. The summed E-state index contributed by atoms with van der Waals surface area (Å²) >= 11 is 7.64. The highest BCUT2D eigenvalue weighted by molar-refractivity contribution is 14.0. The van der Waals surface area contributed by atoms with Gasteiger partial charge < -0.3 is 20.3 Å². The summed E-state index contributed by atoms with van der Waals surface area (Å²) < 4.78 is 5.40. The van der Waals surface area contributed by atoms with E-state index in [9.17, 15) is 4.79 Å². The summed E-state index contributed by atoms with van der Waals surface area (Å²) in [6.07, 6.45) is 1.06. The average Bonchev–Trinajstić information content (AvgIpc) is 3.15. The predicted octanol–water partition coefficient (Wildman–Crippen LogP) is 2.71. The third kappa shape index (κ3) is 9.87. The van der Waals surface area contributed by atoms with Crippen LogP contribution < -0.4 is 10.6 Å². The Balaban J connectivity index is 0.00000364. The van der Waals surface area contributed by atoms with Gasteiger partial charge >= 0.3 is 0 Å². The summed E-state index contributed by atoms with van der Waals surface area (Å²) in [5.41, 5.74) is 0. The summed E-state index contributed by atoms with van der Waals surface area (Å²) in [4.78, 5) is 18.9. The van der Waals surface area contributed by atoms with Crippen molar-refractivity contribution in [2.75, 3.05) is 52.7 Å². The number of nitrogens with one attached hydrogen (secondary N) is 2. The number of hydrogen-bond acceptors (Lipinski definition) is 4. The zero-order valence-electron chi connectivity index (χ0n) is 15.7. The van der Waals surface area contributed by atoms with E-state index in [-0.39, 0.29) is 36.4 Å². The highest BCUT2D eigenvalue weighted by Crippen LogP contribution is 2.19. The fourth-order valence-corrected chi connectivity index (χ4v) is 3.21. The smallest absolute Gasteiger partial charge is 0.243 e. The summed E-state index contributed by atoms with van der Waals surface area (Å²) in [7, 11) is 3.47. The minimum Gasteiger partial charge on any atom is -0.381 e. The number of guanidine groups is 1. The summed E-state index contributed by atoms with van der Waals surface area (Å²) in [6.45, 7) is 3.28. The van der Waals surface area contributed by atoms with Crippen molar-refractivity contribution in [3.05, 3.63) is 29.3 Å². The van der Waals surface area contributed by atoms with Gasteiger partial charge in [-0.15, -0.1) is 35.7 Å². The van der Waals surface area contributed by atoms with Crippen LogP contribution >= 0.6 is 47.3 Å². The molecule has 0 aliphatic carbocycles. The number of thioether (sulfide) groups is 1. The number of aliphatic imine (C=N–C) groups is 1. The van der Waals surface area contributed by atoms with Crippen LogP contribution in [-0.4, -0.2) is 69.5 Å². The van der Waals surface area contributed by atoms with E-state index < -0.39 is 0 Å². The largest absolute Gasteiger partial charge is 0.381 e. The molecule has 6 nitrogen and oxygen atoms in total. The lowest BCUT2D eigenvalue weighted by Gasteiger charge is -2.15. The van der Waals surface area contributed by atoms with Crippen molar-refractivity contribution in [2.45, 2.75) is 11.3 Å². The molecule has 2 rings (SSSR count). The Labute approximate surface area is 187 Å². The van der Waals surface area contributed by atoms with Gasteiger partial charge in [0.1, 0.15) is 6.54 Å². The monoisotopic (exact) mass is 526 g/mol. The van der Waals surface area contributed by atoms with Crippen molar-refractivity contribution in [3.63, 3.8) is 0 Å². The van der Waals surface area contributed by atoms with Gasteiger partial charge in [-0.25, -0.2) is 4.99 Å². The third-order valence-electron chi connectivity index (χ3n) is 3.93. The van der Waals surface area contributed by atoms with Gasteiger partial charge in [0, 0.05) is 55.4 Å². The average molecular weight is 527 g/mol. The van der Waals surface area contributed by atoms with E-state index in [2.05, 4.69) is 15.6 Å². The van der Waals surface area contributed by atoms with Gasteiger partial charge in [-0.1, -0.05) is 11.6 Å². The second-order valence-corrected chi connectivity index (χ2v) is 7.90. The molecule has 1 unspecified atom stereocenters. The van der Waals surface area contributed by atoms with Crippen LogP contribution in [-0.2, 0) is 9.53 Å². The zero-order chi connectivity index (χ0) is 18.8. The molecule has 1 heterocycles. The van der Waals surface area contributed by atoms with Gasteiger partial charge in [0.2, 0.25) is 5.91 Å². The first-order valence-corrected chi connectivity index (χ1v) is 10.1. The molecular weight excluding hydrogens is 499 g/mol. The van der Waals surface area contributed by atoms with E-state index in [1.165, 1.54) is 4.90 Å². The van der Waals surface area contributed by atoms with Crippen LogP contribution in [0.4, 0.5) is 0 Å². The molecule has 1 saturated heterocycles. The molecule has 1 aliphatic heterocycles. The SMILES string of the molecule is CN(C)C(=O)CN=C(NCCSc1ccc(Cl)cc1)NCC1CCOC1.I. The fourth-order valence-electron chi connectivity index (χ4n) is 2.32. The van der Waals surface area contributed by atoms with Gasteiger partial charge in [0.25, 0.3) is 0 Å². The quantitative estimate of drug-likeness (QED) is 0.179. The van der Waals surface area contributed by atoms with Gasteiger partial charge in [-0.05, 0) is 30.7 Å². The Kier molecular flexibility index (Phi) is 12.1. The number of benzene rings is 1. The third-order valence-corrected chi connectivity index (χ3v) is 5.20. The van der Waals surface area contributed by atoms with Crippen LogP contribution in [0.2, 0.25) is 5.02 Å². The maximum absolute atomic E-state index is 11.8. The Hall–Kier alpha value is -0.710. The first-order valence-electron chi connectivity index (χ1n) is 8.73. The molecule has 152 valence electrons. The number of carbonyl (C=O) groups is 1. The summed E-state index contributed by atoms with van der Waals surface area (Å²) in [5, 5.41) is 7.37. The second kappa shape index (κ2) is 13.5. The van der Waals surface area contributed by atoms with E-state index in [1.807, 2.05) is 24.3 Å². The fraction of sp³-hybridized carbons (Fsp3) is 0.556. The molecule has 0 radical (unpaired) electrons. The molecule has 27 heavy (non-hydrogen) atoms. The number of nitrogens with zero attached hydrogens (tertiary/aromatic N) is 2. The Bertz CT molecular complexity index is 596. The van der Waals surface area contributed by atoms with Gasteiger partial charge in [0.05, 0.1) is 6.61 Å². The van der Waals surface area contributed by atoms with Crippen molar-refractivity contribution in [1.82, 2.24) is 15.5 Å². The first kappa shape index (κ1) is 24.3.